The standard InChI is InChI=1S/C25H23N3O2/c1-2-23(29)28(18-20-12-7-4-8-13-20)24(21-14-9-15-22(26)16-21)25(30)27-17-19-10-5-3-6-11-19/h1,3-16,24H,17-18,26H2,(H,27,30). The number of terminal acetylenes is 1. The topological polar surface area (TPSA) is 75.4 Å². The molecule has 5 nitrogen and oxygen atoms in total. The molecule has 0 aliphatic heterocycles. The van der Waals surface area contributed by atoms with Crippen molar-refractivity contribution in [1.82, 2.24) is 10.2 Å². The summed E-state index contributed by atoms with van der Waals surface area (Å²) in [6.45, 7) is 0.532. The molecule has 3 rings (SSSR count). The Morgan fingerprint density at radius 1 is 0.933 bits per heavy atom. The van der Waals surface area contributed by atoms with E-state index in [2.05, 4.69) is 11.2 Å². The molecule has 0 fully saturated rings. The highest BCUT2D eigenvalue weighted by Crippen LogP contribution is 2.25. The average Bonchev–Trinajstić information content (AvgIpc) is 2.78. The van der Waals surface area contributed by atoms with Gasteiger partial charge in [-0.15, -0.1) is 6.42 Å². The van der Waals surface area contributed by atoms with Gasteiger partial charge in [0.1, 0.15) is 6.04 Å². The lowest BCUT2D eigenvalue weighted by atomic mass is 10.0. The summed E-state index contributed by atoms with van der Waals surface area (Å²) < 4.78 is 0. The lowest BCUT2D eigenvalue weighted by Crippen LogP contribution is -2.42. The molecule has 5 heteroatoms. The predicted octanol–water partition coefficient (Wildman–Crippen LogP) is 3.29. The quantitative estimate of drug-likeness (QED) is 0.475. The van der Waals surface area contributed by atoms with E-state index in [0.29, 0.717) is 17.8 Å². The number of nitrogens with one attached hydrogen (secondary N) is 1. The van der Waals surface area contributed by atoms with Crippen molar-refractivity contribution in [3.05, 3.63) is 102 Å². The molecule has 30 heavy (non-hydrogen) atoms. The van der Waals surface area contributed by atoms with Crippen LogP contribution in [0.1, 0.15) is 22.7 Å². The number of amides is 2. The van der Waals surface area contributed by atoms with Gasteiger partial charge in [0.05, 0.1) is 0 Å². The van der Waals surface area contributed by atoms with Crippen molar-refractivity contribution in [1.29, 1.82) is 0 Å². The van der Waals surface area contributed by atoms with Crippen molar-refractivity contribution in [2.75, 3.05) is 5.73 Å². The number of nitrogen functional groups attached to an aromatic ring is 1. The van der Waals surface area contributed by atoms with Gasteiger partial charge in [-0.1, -0.05) is 72.8 Å². The van der Waals surface area contributed by atoms with Gasteiger partial charge in [0.15, 0.2) is 0 Å². The van der Waals surface area contributed by atoms with Crippen LogP contribution in [0.3, 0.4) is 0 Å². The molecule has 3 aromatic rings. The molecule has 0 saturated heterocycles. The minimum Gasteiger partial charge on any atom is -0.399 e. The Labute approximate surface area is 176 Å². The zero-order valence-corrected chi connectivity index (χ0v) is 16.5. The third-order valence-corrected chi connectivity index (χ3v) is 4.68. The number of nitrogens with zero attached hydrogens (tertiary/aromatic N) is 1. The van der Waals surface area contributed by atoms with Crippen molar-refractivity contribution in [3.63, 3.8) is 0 Å². The number of anilines is 1. The van der Waals surface area contributed by atoms with Crippen LogP contribution in [0.25, 0.3) is 0 Å². The highest BCUT2D eigenvalue weighted by Gasteiger charge is 2.31. The Kier molecular flexibility index (Phi) is 6.86. The monoisotopic (exact) mass is 397 g/mol. The molecule has 150 valence electrons. The van der Waals surface area contributed by atoms with Gasteiger partial charge < -0.3 is 16.0 Å². The van der Waals surface area contributed by atoms with Gasteiger partial charge in [-0.25, -0.2) is 0 Å². The van der Waals surface area contributed by atoms with Crippen molar-refractivity contribution >= 4 is 17.5 Å². The molecule has 0 aromatic heterocycles. The second kappa shape index (κ2) is 9.94. The number of rotatable bonds is 7. The summed E-state index contributed by atoms with van der Waals surface area (Å²) >= 11 is 0. The lowest BCUT2D eigenvalue weighted by Gasteiger charge is -2.30. The second-order valence-electron chi connectivity index (χ2n) is 6.84. The van der Waals surface area contributed by atoms with E-state index >= 15 is 0 Å². The van der Waals surface area contributed by atoms with Crippen LogP contribution >= 0.6 is 0 Å². The maximum absolute atomic E-state index is 13.3. The van der Waals surface area contributed by atoms with Crippen molar-refractivity contribution < 1.29 is 9.59 Å². The summed E-state index contributed by atoms with van der Waals surface area (Å²) in [6.07, 6.45) is 5.44. The molecule has 0 bridgehead atoms. The van der Waals surface area contributed by atoms with Crippen LogP contribution in [-0.4, -0.2) is 16.7 Å². The van der Waals surface area contributed by atoms with Gasteiger partial charge in [-0.3, -0.25) is 9.59 Å². The van der Waals surface area contributed by atoms with Gasteiger partial charge >= 0.3 is 0 Å². The maximum Gasteiger partial charge on any atom is 0.299 e. The van der Waals surface area contributed by atoms with Crippen molar-refractivity contribution in [2.45, 2.75) is 19.1 Å². The van der Waals surface area contributed by atoms with Crippen LogP contribution < -0.4 is 11.1 Å². The Bertz CT molecular complexity index is 1040. The third-order valence-electron chi connectivity index (χ3n) is 4.68. The first-order valence-corrected chi connectivity index (χ1v) is 9.56. The Morgan fingerprint density at radius 2 is 1.57 bits per heavy atom. The predicted molar refractivity (Wildman–Crippen MR) is 118 cm³/mol. The van der Waals surface area contributed by atoms with Gasteiger partial charge in [0, 0.05) is 18.8 Å². The first-order chi connectivity index (χ1) is 14.6. The van der Waals surface area contributed by atoms with E-state index in [1.807, 2.05) is 60.7 Å². The minimum atomic E-state index is -0.916. The van der Waals surface area contributed by atoms with Crippen LogP contribution in [0, 0.1) is 12.3 Å². The Morgan fingerprint density at radius 3 is 2.17 bits per heavy atom. The number of nitrogens with two attached hydrogens (primary N) is 1. The average molecular weight is 397 g/mol. The molecule has 1 atom stereocenters. The zero-order chi connectivity index (χ0) is 21.3. The Hall–Kier alpha value is -4.04. The van der Waals surface area contributed by atoms with Gasteiger partial charge in [-0.05, 0) is 34.7 Å². The summed E-state index contributed by atoms with van der Waals surface area (Å²) in [4.78, 5) is 27.3. The lowest BCUT2D eigenvalue weighted by molar-refractivity contribution is -0.137. The molecule has 3 N–H and O–H groups in total. The van der Waals surface area contributed by atoms with E-state index in [-0.39, 0.29) is 12.5 Å². The molecular formula is C25H23N3O2. The van der Waals surface area contributed by atoms with Crippen LogP contribution in [0.5, 0.6) is 0 Å². The van der Waals surface area contributed by atoms with E-state index in [1.54, 1.807) is 24.3 Å². The fourth-order valence-corrected chi connectivity index (χ4v) is 3.23. The summed E-state index contributed by atoms with van der Waals surface area (Å²) in [7, 11) is 0. The number of hydrogen-bond acceptors (Lipinski definition) is 3. The maximum atomic E-state index is 13.3. The largest absolute Gasteiger partial charge is 0.399 e. The molecule has 0 aliphatic carbocycles. The summed E-state index contributed by atoms with van der Waals surface area (Å²) in [5.74, 6) is 1.26. The first kappa shape index (κ1) is 20.7. The smallest absolute Gasteiger partial charge is 0.299 e. The third kappa shape index (κ3) is 5.27. The van der Waals surface area contributed by atoms with E-state index < -0.39 is 11.9 Å². The molecule has 0 aliphatic rings. The highest BCUT2D eigenvalue weighted by molar-refractivity contribution is 5.97. The number of benzene rings is 3. The van der Waals surface area contributed by atoms with Gasteiger partial charge in [-0.2, -0.15) is 0 Å². The minimum absolute atomic E-state index is 0.197. The van der Waals surface area contributed by atoms with Gasteiger partial charge in [0.25, 0.3) is 5.91 Å². The highest BCUT2D eigenvalue weighted by atomic mass is 16.2. The SMILES string of the molecule is C#CC(=O)N(Cc1ccccc1)C(C(=O)NCc1ccccc1)c1cccc(N)c1. The molecule has 0 heterocycles. The van der Waals surface area contributed by atoms with Crippen LogP contribution in [-0.2, 0) is 22.7 Å². The van der Waals surface area contributed by atoms with Crippen molar-refractivity contribution in [2.24, 2.45) is 0 Å². The molecule has 3 aromatic carbocycles. The van der Waals surface area contributed by atoms with Crippen molar-refractivity contribution in [3.8, 4) is 12.3 Å². The number of carbonyl (C=O) groups is 2. The fourth-order valence-electron chi connectivity index (χ4n) is 3.23. The van der Waals surface area contributed by atoms with E-state index in [1.165, 1.54) is 4.90 Å². The molecule has 0 spiro atoms. The number of hydrogen-bond donors (Lipinski definition) is 2. The molecule has 2 amide bonds. The van der Waals surface area contributed by atoms with E-state index in [4.69, 9.17) is 12.2 Å². The first-order valence-electron chi connectivity index (χ1n) is 9.56. The number of carbonyl (C=O) groups excluding carboxylic acids is 2. The molecule has 0 radical (unpaired) electrons. The van der Waals surface area contributed by atoms with E-state index in [9.17, 15) is 9.59 Å². The van der Waals surface area contributed by atoms with Crippen LogP contribution in [0.15, 0.2) is 84.9 Å². The normalized spacial score (nSPS) is 11.2. The van der Waals surface area contributed by atoms with Crippen LogP contribution in [0.2, 0.25) is 0 Å². The van der Waals surface area contributed by atoms with Crippen LogP contribution in [0.4, 0.5) is 5.69 Å². The second-order valence-corrected chi connectivity index (χ2v) is 6.84. The van der Waals surface area contributed by atoms with E-state index in [0.717, 1.165) is 11.1 Å². The summed E-state index contributed by atoms with van der Waals surface area (Å²) in [5.41, 5.74) is 8.87. The van der Waals surface area contributed by atoms with Gasteiger partial charge in [0.2, 0.25) is 5.91 Å². The summed E-state index contributed by atoms with van der Waals surface area (Å²) in [6, 6.07) is 25.0. The summed E-state index contributed by atoms with van der Waals surface area (Å²) in [5, 5.41) is 2.92. The fraction of sp³-hybridized carbons (Fsp3) is 0.120. The Balaban J connectivity index is 1.94. The molecule has 1 unspecified atom stereocenters. The molecular weight excluding hydrogens is 374 g/mol. The molecule has 0 saturated carbocycles. The zero-order valence-electron chi connectivity index (χ0n) is 16.5.